The fourth-order valence-corrected chi connectivity index (χ4v) is 3.47. The highest BCUT2D eigenvalue weighted by atomic mass is 19.1. The molecule has 0 aromatic heterocycles. The summed E-state index contributed by atoms with van der Waals surface area (Å²) < 4.78 is 23.7. The third kappa shape index (κ3) is 5.06. The first kappa shape index (κ1) is 19.3. The molecule has 1 saturated heterocycles. The summed E-state index contributed by atoms with van der Waals surface area (Å²) in [6.45, 7) is 5.26. The molecule has 0 bridgehead atoms. The van der Waals surface area contributed by atoms with Crippen molar-refractivity contribution >= 4 is 17.7 Å². The van der Waals surface area contributed by atoms with Crippen LogP contribution < -0.4 is 19.7 Å². The van der Waals surface area contributed by atoms with E-state index in [9.17, 15) is 9.18 Å². The SMILES string of the molecule is O=C(/C=C/c1ccc2c(c1)OCO2)NCCN1CCN(c2ccc(F)cc2)CC1. The predicted octanol–water partition coefficient (Wildman–Crippen LogP) is 2.51. The Bertz CT molecular complexity index is 877. The number of anilines is 1. The van der Waals surface area contributed by atoms with Gasteiger partial charge in [0.25, 0.3) is 0 Å². The average Bonchev–Trinajstić information content (AvgIpc) is 3.21. The lowest BCUT2D eigenvalue weighted by Gasteiger charge is -2.36. The smallest absolute Gasteiger partial charge is 0.244 e. The van der Waals surface area contributed by atoms with Gasteiger partial charge in [0.1, 0.15) is 5.82 Å². The summed E-state index contributed by atoms with van der Waals surface area (Å²) in [7, 11) is 0. The number of amides is 1. The predicted molar refractivity (Wildman–Crippen MR) is 110 cm³/mol. The van der Waals surface area contributed by atoms with Crippen molar-refractivity contribution in [1.29, 1.82) is 0 Å². The van der Waals surface area contributed by atoms with Gasteiger partial charge in [-0.25, -0.2) is 4.39 Å². The van der Waals surface area contributed by atoms with Gasteiger partial charge in [-0.3, -0.25) is 9.69 Å². The monoisotopic (exact) mass is 397 g/mol. The van der Waals surface area contributed by atoms with Gasteiger partial charge in [-0.05, 0) is 48.0 Å². The molecule has 0 spiro atoms. The molecule has 0 saturated carbocycles. The van der Waals surface area contributed by atoms with Crippen LogP contribution in [0.3, 0.4) is 0 Å². The van der Waals surface area contributed by atoms with Gasteiger partial charge in [-0.1, -0.05) is 6.07 Å². The number of nitrogens with one attached hydrogen (secondary N) is 1. The maximum atomic E-state index is 13.0. The highest BCUT2D eigenvalue weighted by molar-refractivity contribution is 5.91. The van der Waals surface area contributed by atoms with E-state index in [0.717, 1.165) is 49.7 Å². The van der Waals surface area contributed by atoms with Crippen molar-refractivity contribution in [3.05, 3.63) is 59.9 Å². The number of carbonyl (C=O) groups excluding carboxylic acids is 1. The molecule has 0 unspecified atom stereocenters. The van der Waals surface area contributed by atoms with Crippen LogP contribution in [-0.2, 0) is 4.79 Å². The van der Waals surface area contributed by atoms with E-state index in [1.165, 1.54) is 18.2 Å². The van der Waals surface area contributed by atoms with E-state index in [2.05, 4.69) is 15.1 Å². The van der Waals surface area contributed by atoms with Gasteiger partial charge in [0.15, 0.2) is 11.5 Å². The van der Waals surface area contributed by atoms with Gasteiger partial charge in [-0.2, -0.15) is 0 Å². The molecule has 2 aromatic carbocycles. The lowest BCUT2D eigenvalue weighted by atomic mass is 10.2. The molecule has 7 heteroatoms. The van der Waals surface area contributed by atoms with E-state index in [1.54, 1.807) is 6.08 Å². The molecule has 2 aliphatic heterocycles. The molecular formula is C22H24FN3O3. The maximum Gasteiger partial charge on any atom is 0.244 e. The molecular weight excluding hydrogens is 373 g/mol. The number of benzene rings is 2. The van der Waals surface area contributed by atoms with Crippen LogP contribution in [0.15, 0.2) is 48.5 Å². The number of fused-ring (bicyclic) bond motifs is 1. The molecule has 0 radical (unpaired) electrons. The number of halogens is 1. The Hall–Kier alpha value is -3.06. The minimum absolute atomic E-state index is 0.118. The van der Waals surface area contributed by atoms with Crippen LogP contribution in [0.2, 0.25) is 0 Å². The maximum absolute atomic E-state index is 13.0. The Morgan fingerprint density at radius 2 is 1.79 bits per heavy atom. The molecule has 1 amide bonds. The Morgan fingerprint density at radius 3 is 2.59 bits per heavy atom. The summed E-state index contributed by atoms with van der Waals surface area (Å²) in [6.07, 6.45) is 3.29. The molecule has 0 aliphatic carbocycles. The van der Waals surface area contributed by atoms with E-state index in [-0.39, 0.29) is 18.5 Å². The van der Waals surface area contributed by atoms with Crippen molar-refractivity contribution in [2.75, 3.05) is 51.0 Å². The summed E-state index contributed by atoms with van der Waals surface area (Å²) in [5.41, 5.74) is 1.94. The van der Waals surface area contributed by atoms with E-state index in [1.807, 2.05) is 30.3 Å². The molecule has 6 nitrogen and oxygen atoms in total. The Morgan fingerprint density at radius 1 is 1.03 bits per heavy atom. The molecule has 2 aromatic rings. The minimum atomic E-state index is -0.212. The van der Waals surface area contributed by atoms with Crippen LogP contribution in [0.4, 0.5) is 10.1 Å². The number of hydrogen-bond acceptors (Lipinski definition) is 5. The molecule has 1 fully saturated rings. The standard InChI is InChI=1S/C22H24FN3O3/c23-18-3-5-19(6-4-18)26-13-11-25(12-14-26)10-9-24-22(27)8-2-17-1-7-20-21(15-17)29-16-28-20/h1-8,15H,9-14,16H2,(H,24,27)/b8-2+. The fourth-order valence-electron chi connectivity index (χ4n) is 3.47. The summed E-state index contributed by atoms with van der Waals surface area (Å²) >= 11 is 0. The average molecular weight is 397 g/mol. The second kappa shape index (κ2) is 8.96. The van der Waals surface area contributed by atoms with Gasteiger partial charge in [0, 0.05) is 51.0 Å². The third-order valence-electron chi connectivity index (χ3n) is 5.12. The molecule has 2 aliphatic rings. The van der Waals surface area contributed by atoms with Gasteiger partial charge < -0.3 is 19.7 Å². The number of piperazine rings is 1. The number of rotatable bonds is 6. The van der Waals surface area contributed by atoms with Crippen LogP contribution in [0.1, 0.15) is 5.56 Å². The zero-order valence-corrected chi connectivity index (χ0v) is 16.1. The van der Waals surface area contributed by atoms with Crippen LogP contribution >= 0.6 is 0 Å². The van der Waals surface area contributed by atoms with Crippen molar-refractivity contribution < 1.29 is 18.7 Å². The Balaban J connectivity index is 1.17. The first-order chi connectivity index (χ1) is 14.2. The van der Waals surface area contributed by atoms with Gasteiger partial charge in [-0.15, -0.1) is 0 Å². The molecule has 2 heterocycles. The number of hydrogen-bond donors (Lipinski definition) is 1. The van der Waals surface area contributed by atoms with E-state index >= 15 is 0 Å². The van der Waals surface area contributed by atoms with E-state index in [4.69, 9.17) is 9.47 Å². The van der Waals surface area contributed by atoms with Gasteiger partial charge >= 0.3 is 0 Å². The quantitative estimate of drug-likeness (QED) is 0.759. The molecule has 1 N–H and O–H groups in total. The minimum Gasteiger partial charge on any atom is -0.454 e. The van der Waals surface area contributed by atoms with Crippen molar-refractivity contribution in [3.63, 3.8) is 0 Å². The zero-order chi connectivity index (χ0) is 20.1. The van der Waals surface area contributed by atoms with Gasteiger partial charge in [0.2, 0.25) is 12.7 Å². The van der Waals surface area contributed by atoms with Crippen LogP contribution in [-0.4, -0.2) is 56.9 Å². The number of ether oxygens (including phenoxy) is 2. The van der Waals surface area contributed by atoms with E-state index in [0.29, 0.717) is 12.3 Å². The molecule has 29 heavy (non-hydrogen) atoms. The second-order valence-electron chi connectivity index (χ2n) is 7.04. The summed E-state index contributed by atoms with van der Waals surface area (Å²) in [4.78, 5) is 16.6. The Kier molecular flexibility index (Phi) is 5.95. The lowest BCUT2D eigenvalue weighted by Crippen LogP contribution is -2.48. The largest absolute Gasteiger partial charge is 0.454 e. The summed E-state index contributed by atoms with van der Waals surface area (Å²) in [5, 5.41) is 2.92. The molecule has 152 valence electrons. The fraction of sp³-hybridized carbons (Fsp3) is 0.318. The topological polar surface area (TPSA) is 54.0 Å². The Labute approximate surface area is 169 Å². The van der Waals surface area contributed by atoms with Crippen LogP contribution in [0.25, 0.3) is 6.08 Å². The van der Waals surface area contributed by atoms with E-state index < -0.39 is 0 Å². The van der Waals surface area contributed by atoms with Crippen molar-refractivity contribution in [2.24, 2.45) is 0 Å². The van der Waals surface area contributed by atoms with Crippen LogP contribution in [0, 0.1) is 5.82 Å². The highest BCUT2D eigenvalue weighted by Crippen LogP contribution is 2.32. The van der Waals surface area contributed by atoms with Gasteiger partial charge in [0.05, 0.1) is 0 Å². The normalized spacial score (nSPS) is 16.4. The third-order valence-corrected chi connectivity index (χ3v) is 5.12. The molecule has 0 atom stereocenters. The summed E-state index contributed by atoms with van der Waals surface area (Å²) in [6, 6.07) is 12.2. The van der Waals surface area contributed by atoms with Crippen molar-refractivity contribution in [1.82, 2.24) is 10.2 Å². The lowest BCUT2D eigenvalue weighted by molar-refractivity contribution is -0.116. The molecule has 4 rings (SSSR count). The second-order valence-corrected chi connectivity index (χ2v) is 7.04. The van der Waals surface area contributed by atoms with Crippen molar-refractivity contribution in [3.8, 4) is 11.5 Å². The van der Waals surface area contributed by atoms with Crippen molar-refractivity contribution in [2.45, 2.75) is 0 Å². The number of nitrogens with zero attached hydrogens (tertiary/aromatic N) is 2. The van der Waals surface area contributed by atoms with Crippen LogP contribution in [0.5, 0.6) is 11.5 Å². The number of carbonyl (C=O) groups is 1. The first-order valence-electron chi connectivity index (χ1n) is 9.76. The highest BCUT2D eigenvalue weighted by Gasteiger charge is 2.17. The summed E-state index contributed by atoms with van der Waals surface area (Å²) in [5.74, 6) is 1.10. The zero-order valence-electron chi connectivity index (χ0n) is 16.1. The first-order valence-corrected chi connectivity index (χ1v) is 9.76.